The zero-order chi connectivity index (χ0) is 12.8. The number of thioether (sulfide) groups is 1. The van der Waals surface area contributed by atoms with Crippen molar-refractivity contribution in [2.24, 2.45) is 5.73 Å². The number of nitrogens with two attached hydrogens (primary N) is 1. The van der Waals surface area contributed by atoms with E-state index in [1.807, 2.05) is 6.26 Å². The highest BCUT2D eigenvalue weighted by atomic mass is 32.2. The Bertz CT molecular complexity index is 251. The Kier molecular flexibility index (Phi) is 6.25. The van der Waals surface area contributed by atoms with Gasteiger partial charge < -0.3 is 15.8 Å². The van der Waals surface area contributed by atoms with E-state index < -0.39 is 11.7 Å². The summed E-state index contributed by atoms with van der Waals surface area (Å²) in [5.74, 6) is -0.363. The first-order chi connectivity index (χ1) is 7.26. The summed E-state index contributed by atoms with van der Waals surface area (Å²) in [6, 6.07) is 0. The lowest BCUT2D eigenvalue weighted by atomic mass is 10.2. The molecule has 0 aromatic rings. The third-order valence-electron chi connectivity index (χ3n) is 1.68. The molecule has 2 amide bonds. The molecular weight excluding hydrogens is 228 g/mol. The molecule has 0 saturated carbocycles. The first kappa shape index (κ1) is 15.1. The summed E-state index contributed by atoms with van der Waals surface area (Å²) in [7, 11) is 0. The summed E-state index contributed by atoms with van der Waals surface area (Å²) < 4.78 is 5.04. The van der Waals surface area contributed by atoms with Gasteiger partial charge in [0.15, 0.2) is 0 Å². The molecule has 0 fully saturated rings. The molecule has 5 nitrogen and oxygen atoms in total. The SMILES string of the molecule is CSC(CCNC(=O)OC(C)(C)C)C(N)=O. The highest BCUT2D eigenvalue weighted by Crippen LogP contribution is 2.10. The minimum atomic E-state index is -0.507. The quantitative estimate of drug-likeness (QED) is 0.764. The molecule has 0 bridgehead atoms. The summed E-state index contributed by atoms with van der Waals surface area (Å²) in [5, 5.41) is 2.31. The highest BCUT2D eigenvalue weighted by Gasteiger charge is 2.17. The first-order valence-corrected chi connectivity index (χ1v) is 6.34. The second-order valence-electron chi connectivity index (χ2n) is 4.34. The molecule has 94 valence electrons. The fraction of sp³-hybridized carbons (Fsp3) is 0.800. The minimum absolute atomic E-state index is 0.269. The van der Waals surface area contributed by atoms with Crippen LogP contribution < -0.4 is 11.1 Å². The van der Waals surface area contributed by atoms with E-state index in [-0.39, 0.29) is 11.2 Å². The summed E-state index contributed by atoms with van der Waals surface area (Å²) >= 11 is 1.38. The minimum Gasteiger partial charge on any atom is -0.444 e. The topological polar surface area (TPSA) is 81.4 Å². The Morgan fingerprint density at radius 2 is 2.00 bits per heavy atom. The van der Waals surface area contributed by atoms with Crippen LogP contribution in [-0.2, 0) is 9.53 Å². The molecular formula is C10H20N2O3S. The number of ether oxygens (including phenoxy) is 1. The van der Waals surface area contributed by atoms with E-state index in [9.17, 15) is 9.59 Å². The lowest BCUT2D eigenvalue weighted by Gasteiger charge is -2.20. The smallest absolute Gasteiger partial charge is 0.407 e. The summed E-state index contributed by atoms with van der Waals surface area (Å²) in [6.07, 6.45) is 1.84. The zero-order valence-electron chi connectivity index (χ0n) is 10.2. The van der Waals surface area contributed by atoms with E-state index in [2.05, 4.69) is 5.32 Å². The van der Waals surface area contributed by atoms with Crippen LogP contribution in [0.2, 0.25) is 0 Å². The van der Waals surface area contributed by atoms with Crippen LogP contribution in [0.3, 0.4) is 0 Å². The third kappa shape index (κ3) is 7.39. The van der Waals surface area contributed by atoms with Gasteiger partial charge in [0.1, 0.15) is 5.60 Å². The molecule has 6 heteroatoms. The number of carbonyl (C=O) groups excluding carboxylic acids is 2. The lowest BCUT2D eigenvalue weighted by molar-refractivity contribution is -0.117. The van der Waals surface area contributed by atoms with Gasteiger partial charge in [0.05, 0.1) is 5.25 Å². The number of carbonyl (C=O) groups is 2. The molecule has 0 heterocycles. The number of amides is 2. The summed E-state index contributed by atoms with van der Waals surface area (Å²) in [4.78, 5) is 22.1. The molecule has 0 saturated heterocycles. The Morgan fingerprint density at radius 3 is 2.38 bits per heavy atom. The Labute approximate surface area is 100 Å². The first-order valence-electron chi connectivity index (χ1n) is 5.05. The normalized spacial score (nSPS) is 13.0. The number of hydrogen-bond acceptors (Lipinski definition) is 4. The maximum absolute atomic E-state index is 11.2. The molecule has 0 aliphatic rings. The third-order valence-corrected chi connectivity index (χ3v) is 2.71. The Hall–Kier alpha value is -0.910. The van der Waals surface area contributed by atoms with Gasteiger partial charge in [-0.15, -0.1) is 0 Å². The molecule has 1 unspecified atom stereocenters. The standard InChI is InChI=1S/C10H20N2O3S/c1-10(2,3)15-9(14)12-6-5-7(16-4)8(11)13/h7H,5-6H2,1-4H3,(H2,11,13)(H,12,14). The van der Waals surface area contributed by atoms with Gasteiger partial charge in [0.25, 0.3) is 0 Å². The summed E-state index contributed by atoms with van der Waals surface area (Å²) in [5.41, 5.74) is 4.65. The lowest BCUT2D eigenvalue weighted by Crippen LogP contribution is -2.35. The van der Waals surface area contributed by atoms with Crippen molar-refractivity contribution in [3.8, 4) is 0 Å². The monoisotopic (exact) mass is 248 g/mol. The Morgan fingerprint density at radius 1 is 1.44 bits per heavy atom. The zero-order valence-corrected chi connectivity index (χ0v) is 11.0. The largest absolute Gasteiger partial charge is 0.444 e. The Balaban J connectivity index is 3.81. The molecule has 0 aromatic heterocycles. The van der Waals surface area contributed by atoms with E-state index in [1.54, 1.807) is 20.8 Å². The maximum Gasteiger partial charge on any atom is 0.407 e. The van der Waals surface area contributed by atoms with Crippen molar-refractivity contribution in [1.29, 1.82) is 0 Å². The predicted molar refractivity (Wildman–Crippen MR) is 65.4 cm³/mol. The van der Waals surface area contributed by atoms with Gasteiger partial charge in [0.2, 0.25) is 5.91 Å². The van der Waals surface area contributed by atoms with E-state index in [0.717, 1.165) is 0 Å². The van der Waals surface area contributed by atoms with Crippen LogP contribution in [0.1, 0.15) is 27.2 Å². The van der Waals surface area contributed by atoms with Crippen molar-refractivity contribution in [1.82, 2.24) is 5.32 Å². The molecule has 1 atom stereocenters. The highest BCUT2D eigenvalue weighted by molar-refractivity contribution is 7.99. The van der Waals surface area contributed by atoms with Crippen molar-refractivity contribution in [2.75, 3.05) is 12.8 Å². The number of alkyl carbamates (subject to hydrolysis) is 1. The second-order valence-corrected chi connectivity index (χ2v) is 5.38. The van der Waals surface area contributed by atoms with Crippen molar-refractivity contribution in [2.45, 2.75) is 38.0 Å². The fourth-order valence-electron chi connectivity index (χ4n) is 0.996. The molecule has 0 rings (SSSR count). The van der Waals surface area contributed by atoms with Gasteiger partial charge in [-0.1, -0.05) is 0 Å². The van der Waals surface area contributed by atoms with E-state index in [1.165, 1.54) is 11.8 Å². The van der Waals surface area contributed by atoms with E-state index >= 15 is 0 Å². The van der Waals surface area contributed by atoms with Gasteiger partial charge in [-0.25, -0.2) is 4.79 Å². The van der Waals surface area contributed by atoms with Crippen molar-refractivity contribution < 1.29 is 14.3 Å². The second kappa shape index (κ2) is 6.62. The van der Waals surface area contributed by atoms with Crippen molar-refractivity contribution >= 4 is 23.8 Å². The maximum atomic E-state index is 11.2. The van der Waals surface area contributed by atoms with Crippen molar-refractivity contribution in [3.05, 3.63) is 0 Å². The van der Waals surface area contributed by atoms with Crippen LogP contribution in [0, 0.1) is 0 Å². The summed E-state index contributed by atoms with van der Waals surface area (Å²) in [6.45, 7) is 5.76. The number of hydrogen-bond donors (Lipinski definition) is 2. The molecule has 0 aliphatic heterocycles. The fourth-order valence-corrected chi connectivity index (χ4v) is 1.58. The molecule has 0 spiro atoms. The van der Waals surface area contributed by atoms with Crippen LogP contribution in [0.4, 0.5) is 4.79 Å². The van der Waals surface area contributed by atoms with Crippen LogP contribution in [0.25, 0.3) is 0 Å². The molecule has 0 aliphatic carbocycles. The van der Waals surface area contributed by atoms with Crippen LogP contribution in [0.5, 0.6) is 0 Å². The molecule has 16 heavy (non-hydrogen) atoms. The molecule has 0 radical (unpaired) electrons. The molecule has 0 aromatic carbocycles. The number of rotatable bonds is 5. The average Bonchev–Trinajstić information content (AvgIpc) is 2.08. The van der Waals surface area contributed by atoms with Gasteiger partial charge in [-0.05, 0) is 33.4 Å². The van der Waals surface area contributed by atoms with Gasteiger partial charge in [0, 0.05) is 6.54 Å². The number of primary amides is 1. The van der Waals surface area contributed by atoms with Gasteiger partial charge in [-0.2, -0.15) is 11.8 Å². The van der Waals surface area contributed by atoms with Crippen LogP contribution in [0.15, 0.2) is 0 Å². The predicted octanol–water partition coefficient (Wildman–Crippen LogP) is 1.12. The van der Waals surface area contributed by atoms with E-state index in [4.69, 9.17) is 10.5 Å². The van der Waals surface area contributed by atoms with Gasteiger partial charge >= 0.3 is 6.09 Å². The number of nitrogens with one attached hydrogen (secondary N) is 1. The van der Waals surface area contributed by atoms with Gasteiger partial charge in [-0.3, -0.25) is 4.79 Å². The van der Waals surface area contributed by atoms with Crippen LogP contribution >= 0.6 is 11.8 Å². The average molecular weight is 248 g/mol. The van der Waals surface area contributed by atoms with Crippen molar-refractivity contribution in [3.63, 3.8) is 0 Å². The van der Waals surface area contributed by atoms with Crippen LogP contribution in [-0.4, -0.2) is 35.7 Å². The van der Waals surface area contributed by atoms with E-state index in [0.29, 0.717) is 13.0 Å². The molecule has 3 N–H and O–H groups in total.